The van der Waals surface area contributed by atoms with Crippen molar-refractivity contribution in [1.82, 2.24) is 4.90 Å². The van der Waals surface area contributed by atoms with Gasteiger partial charge in [0.25, 0.3) is 0 Å². The van der Waals surface area contributed by atoms with Crippen LogP contribution in [0.25, 0.3) is 0 Å². The summed E-state index contributed by atoms with van der Waals surface area (Å²) in [6, 6.07) is 18.2. The summed E-state index contributed by atoms with van der Waals surface area (Å²) in [5, 5.41) is 2.97. The Morgan fingerprint density at radius 3 is 2.51 bits per heavy atom. The van der Waals surface area contributed by atoms with Crippen molar-refractivity contribution in [1.29, 1.82) is 0 Å². The number of amidine groups is 1. The molecule has 1 fully saturated rings. The molecule has 192 valence electrons. The van der Waals surface area contributed by atoms with Crippen molar-refractivity contribution in [3.8, 4) is 11.5 Å². The number of amides is 2. The molecule has 10 heteroatoms. The largest absolute Gasteiger partial charge is 0.493 e. The fraction of sp³-hybridized carbons (Fsp3) is 0.222. The summed E-state index contributed by atoms with van der Waals surface area (Å²) in [5.41, 5.74) is 1.93. The van der Waals surface area contributed by atoms with Crippen LogP contribution in [0, 0.1) is 5.82 Å². The molecule has 0 aromatic heterocycles. The van der Waals surface area contributed by atoms with E-state index in [0.717, 1.165) is 5.56 Å². The van der Waals surface area contributed by atoms with Crippen LogP contribution in [-0.4, -0.2) is 47.9 Å². The summed E-state index contributed by atoms with van der Waals surface area (Å²) < 4.78 is 24.1. The van der Waals surface area contributed by atoms with Gasteiger partial charge in [-0.3, -0.25) is 14.5 Å². The van der Waals surface area contributed by atoms with Gasteiger partial charge in [-0.15, -0.1) is 0 Å². The molecule has 37 heavy (non-hydrogen) atoms. The highest BCUT2D eigenvalue weighted by Gasteiger charge is 2.39. The number of carbonyl (C=O) groups is 2. The van der Waals surface area contributed by atoms with E-state index in [4.69, 9.17) is 21.1 Å². The zero-order valence-corrected chi connectivity index (χ0v) is 21.8. The molecule has 1 aliphatic heterocycles. The molecule has 2 amide bonds. The van der Waals surface area contributed by atoms with Crippen molar-refractivity contribution >= 4 is 51.7 Å². The predicted molar refractivity (Wildman–Crippen MR) is 145 cm³/mol. The second-order valence-corrected chi connectivity index (χ2v) is 9.72. The molecule has 1 atom stereocenters. The van der Waals surface area contributed by atoms with Crippen LogP contribution in [0.1, 0.15) is 12.0 Å². The third-order valence-corrected chi connectivity index (χ3v) is 7.17. The number of ether oxygens (including phenoxy) is 2. The predicted octanol–water partition coefficient (Wildman–Crippen LogP) is 5.70. The lowest BCUT2D eigenvalue weighted by Gasteiger charge is -2.17. The number of para-hydroxylation sites is 1. The SMILES string of the molecule is COc1ccc(CCN2C(=O)C(CC(=O)Nc3ccccc3Cl)SC2=Nc2ccc(F)cc2)cc1OC. The number of hydrogen-bond acceptors (Lipinski definition) is 6. The number of nitrogens with zero attached hydrogens (tertiary/aromatic N) is 2. The van der Waals surface area contributed by atoms with E-state index < -0.39 is 5.25 Å². The Morgan fingerprint density at radius 2 is 1.81 bits per heavy atom. The second-order valence-electron chi connectivity index (χ2n) is 8.14. The average Bonchev–Trinajstić information content (AvgIpc) is 3.18. The van der Waals surface area contributed by atoms with Gasteiger partial charge in [-0.1, -0.05) is 41.6 Å². The van der Waals surface area contributed by atoms with Gasteiger partial charge in [-0.05, 0) is 60.5 Å². The van der Waals surface area contributed by atoms with Crippen LogP contribution < -0.4 is 14.8 Å². The molecule has 1 heterocycles. The molecule has 0 aliphatic carbocycles. The molecule has 3 aromatic rings. The van der Waals surface area contributed by atoms with Crippen LogP contribution in [0.5, 0.6) is 11.5 Å². The number of aliphatic imine (C=N–C) groups is 1. The van der Waals surface area contributed by atoms with Crippen molar-refractivity contribution in [2.45, 2.75) is 18.1 Å². The molecule has 0 radical (unpaired) electrons. The van der Waals surface area contributed by atoms with Gasteiger partial charge in [-0.25, -0.2) is 9.38 Å². The molecule has 0 saturated carbocycles. The summed E-state index contributed by atoms with van der Waals surface area (Å²) in [6.45, 7) is 0.337. The van der Waals surface area contributed by atoms with Crippen LogP contribution in [0.2, 0.25) is 5.02 Å². The minimum atomic E-state index is -0.660. The van der Waals surface area contributed by atoms with Crippen LogP contribution in [0.3, 0.4) is 0 Å². The van der Waals surface area contributed by atoms with Gasteiger partial charge >= 0.3 is 0 Å². The van der Waals surface area contributed by atoms with Crippen molar-refractivity contribution in [2.24, 2.45) is 4.99 Å². The van der Waals surface area contributed by atoms with E-state index in [0.29, 0.717) is 46.0 Å². The monoisotopic (exact) mass is 541 g/mol. The first kappa shape index (κ1) is 26.5. The summed E-state index contributed by atoms with van der Waals surface area (Å²) in [4.78, 5) is 32.2. The quantitative estimate of drug-likeness (QED) is 0.376. The van der Waals surface area contributed by atoms with Crippen molar-refractivity contribution in [2.75, 3.05) is 26.1 Å². The van der Waals surface area contributed by atoms with E-state index in [2.05, 4.69) is 10.3 Å². The number of hydrogen-bond donors (Lipinski definition) is 1. The van der Waals surface area contributed by atoms with Crippen LogP contribution in [0.4, 0.5) is 15.8 Å². The minimum Gasteiger partial charge on any atom is -0.493 e. The average molecular weight is 542 g/mol. The number of carbonyl (C=O) groups excluding carboxylic acids is 2. The molecule has 1 aliphatic rings. The molecular weight excluding hydrogens is 517 g/mol. The van der Waals surface area contributed by atoms with E-state index in [1.807, 2.05) is 18.2 Å². The summed E-state index contributed by atoms with van der Waals surface area (Å²) >= 11 is 7.36. The van der Waals surface area contributed by atoms with Crippen LogP contribution in [0.15, 0.2) is 71.7 Å². The smallest absolute Gasteiger partial charge is 0.242 e. The summed E-state index contributed by atoms with van der Waals surface area (Å²) in [5.74, 6) is 0.277. The van der Waals surface area contributed by atoms with E-state index in [1.165, 1.54) is 36.0 Å². The van der Waals surface area contributed by atoms with Gasteiger partial charge < -0.3 is 14.8 Å². The van der Waals surface area contributed by atoms with Crippen LogP contribution in [-0.2, 0) is 16.0 Å². The number of anilines is 1. The number of rotatable bonds is 9. The first-order valence-corrected chi connectivity index (χ1v) is 12.7. The molecular formula is C27H25ClFN3O4S. The van der Waals surface area contributed by atoms with Gasteiger partial charge in [-0.2, -0.15) is 0 Å². The Hall–Kier alpha value is -3.56. The third kappa shape index (κ3) is 6.61. The van der Waals surface area contributed by atoms with Gasteiger partial charge in [0.2, 0.25) is 11.8 Å². The van der Waals surface area contributed by atoms with Crippen LogP contribution >= 0.6 is 23.4 Å². The van der Waals surface area contributed by atoms with Gasteiger partial charge in [0.05, 0.1) is 30.6 Å². The van der Waals surface area contributed by atoms with Gasteiger partial charge in [0, 0.05) is 13.0 Å². The number of thioether (sulfide) groups is 1. The lowest BCUT2D eigenvalue weighted by molar-refractivity contribution is -0.128. The standard InChI is InChI=1S/C27H25ClFN3O4S/c1-35-22-12-7-17(15-23(22)36-2)13-14-32-26(34)24(16-25(33)31-21-6-4-3-5-20(21)28)37-27(32)30-19-10-8-18(29)9-11-19/h3-12,15,24H,13-14,16H2,1-2H3,(H,31,33). The first-order valence-electron chi connectivity index (χ1n) is 11.5. The van der Waals surface area contributed by atoms with E-state index >= 15 is 0 Å². The lowest BCUT2D eigenvalue weighted by atomic mass is 10.1. The molecule has 4 rings (SSSR count). The normalized spacial score (nSPS) is 16.2. The third-order valence-electron chi connectivity index (χ3n) is 5.66. The summed E-state index contributed by atoms with van der Waals surface area (Å²) in [6.07, 6.45) is 0.470. The first-order chi connectivity index (χ1) is 17.9. The van der Waals surface area contributed by atoms with Gasteiger partial charge in [0.1, 0.15) is 11.1 Å². The van der Waals surface area contributed by atoms with Crippen molar-refractivity contribution in [3.05, 3.63) is 83.1 Å². The van der Waals surface area contributed by atoms with Crippen molar-refractivity contribution < 1.29 is 23.5 Å². The highest BCUT2D eigenvalue weighted by molar-refractivity contribution is 8.15. The molecule has 1 N–H and O–H groups in total. The fourth-order valence-corrected chi connectivity index (χ4v) is 5.13. The molecule has 1 unspecified atom stereocenters. The second kappa shape index (κ2) is 12.1. The maximum absolute atomic E-state index is 13.4. The Labute approximate surface area is 223 Å². The fourth-order valence-electron chi connectivity index (χ4n) is 3.77. The Balaban J connectivity index is 1.52. The van der Waals surface area contributed by atoms with E-state index in [-0.39, 0.29) is 24.1 Å². The lowest BCUT2D eigenvalue weighted by Crippen LogP contribution is -2.35. The molecule has 7 nitrogen and oxygen atoms in total. The number of benzene rings is 3. The Morgan fingerprint density at radius 1 is 1.08 bits per heavy atom. The Bertz CT molecular complexity index is 1320. The Kier molecular flexibility index (Phi) is 8.68. The molecule has 3 aromatic carbocycles. The molecule has 0 bridgehead atoms. The van der Waals surface area contributed by atoms with E-state index in [1.54, 1.807) is 43.4 Å². The molecule has 1 saturated heterocycles. The zero-order valence-electron chi connectivity index (χ0n) is 20.2. The minimum absolute atomic E-state index is 0.0516. The van der Waals surface area contributed by atoms with Gasteiger partial charge in [0.15, 0.2) is 16.7 Å². The zero-order chi connectivity index (χ0) is 26.4. The topological polar surface area (TPSA) is 80.2 Å². The number of methoxy groups -OCH3 is 2. The summed E-state index contributed by atoms with van der Waals surface area (Å²) in [7, 11) is 3.13. The van der Waals surface area contributed by atoms with Crippen molar-refractivity contribution in [3.63, 3.8) is 0 Å². The maximum atomic E-state index is 13.4. The maximum Gasteiger partial charge on any atom is 0.242 e. The number of nitrogens with one attached hydrogen (secondary N) is 1. The van der Waals surface area contributed by atoms with E-state index in [9.17, 15) is 14.0 Å². The highest BCUT2D eigenvalue weighted by Crippen LogP contribution is 2.33. The highest BCUT2D eigenvalue weighted by atomic mass is 35.5. The molecule has 0 spiro atoms. The number of halogens is 2.